The van der Waals surface area contributed by atoms with E-state index in [9.17, 15) is 9.59 Å². The second-order valence-electron chi connectivity index (χ2n) is 10.8. The van der Waals surface area contributed by atoms with Gasteiger partial charge in [0.1, 0.15) is 6.54 Å². The molecule has 0 unspecified atom stereocenters. The van der Waals surface area contributed by atoms with E-state index in [0.717, 1.165) is 53.2 Å². The van der Waals surface area contributed by atoms with Crippen LogP contribution in [0, 0.1) is 0 Å². The van der Waals surface area contributed by atoms with Crippen LogP contribution in [0.5, 0.6) is 0 Å². The Morgan fingerprint density at radius 2 is 1.68 bits per heavy atom. The maximum atomic E-state index is 14.1. The number of carbonyl (C=O) groups is 2. The number of nitrogens with zero attached hydrogens (tertiary/aromatic N) is 3. The fraction of sp³-hybridized carbons (Fsp3) is 0.353. The number of rotatable bonds is 11. The van der Waals surface area contributed by atoms with Crippen molar-refractivity contribution in [2.45, 2.75) is 51.2 Å². The van der Waals surface area contributed by atoms with E-state index in [1.807, 2.05) is 53.4 Å². The lowest BCUT2D eigenvalue weighted by atomic mass is 9.94. The largest absolute Gasteiger partial charge is 0.383 e. The molecular weight excluding hydrogens is 578 g/mol. The minimum absolute atomic E-state index is 0.0152. The monoisotopic (exact) mass is 615 g/mol. The highest BCUT2D eigenvalue weighted by Gasteiger charge is 2.29. The van der Waals surface area contributed by atoms with Crippen LogP contribution in [0.1, 0.15) is 53.7 Å². The first-order valence-electron chi connectivity index (χ1n) is 14.5. The molecule has 41 heavy (non-hydrogen) atoms. The number of methoxy groups -OCH3 is 1. The molecule has 5 rings (SSSR count). The molecule has 1 saturated carbocycles. The Morgan fingerprint density at radius 3 is 2.44 bits per heavy atom. The summed E-state index contributed by atoms with van der Waals surface area (Å²) in [5, 5.41) is 2.09. The van der Waals surface area contributed by atoms with Gasteiger partial charge in [-0.15, -0.1) is 0 Å². The van der Waals surface area contributed by atoms with Crippen LogP contribution in [0.3, 0.4) is 0 Å². The van der Waals surface area contributed by atoms with Gasteiger partial charge in [-0.3, -0.25) is 9.59 Å². The van der Waals surface area contributed by atoms with Crippen molar-refractivity contribution in [1.82, 2.24) is 14.4 Å². The van der Waals surface area contributed by atoms with E-state index in [-0.39, 0.29) is 24.4 Å². The molecule has 0 saturated heterocycles. The average molecular weight is 617 g/mol. The minimum atomic E-state index is -0.150. The van der Waals surface area contributed by atoms with Crippen LogP contribution in [0.4, 0.5) is 0 Å². The number of fused-ring (bicyclic) bond motifs is 1. The van der Waals surface area contributed by atoms with Crippen molar-refractivity contribution in [3.63, 3.8) is 0 Å². The third-order valence-corrected chi connectivity index (χ3v) is 8.56. The zero-order valence-electron chi connectivity index (χ0n) is 23.7. The molecule has 0 N–H and O–H groups in total. The van der Waals surface area contributed by atoms with Gasteiger partial charge in [0.2, 0.25) is 5.91 Å². The van der Waals surface area contributed by atoms with Crippen molar-refractivity contribution in [3.8, 4) is 0 Å². The molecule has 6 nitrogen and oxygen atoms in total. The molecule has 0 spiro atoms. The van der Waals surface area contributed by atoms with E-state index in [1.165, 1.54) is 12.0 Å². The Hall–Kier alpha value is -3.42. The van der Waals surface area contributed by atoms with Gasteiger partial charge in [0, 0.05) is 48.2 Å². The Labute approximate surface area is 251 Å². The van der Waals surface area contributed by atoms with Crippen molar-refractivity contribution < 1.29 is 14.3 Å². The average Bonchev–Trinajstić information content (AvgIpc) is 3.45. The molecule has 4 aromatic rings. The van der Waals surface area contributed by atoms with Crippen LogP contribution in [-0.2, 0) is 22.6 Å². The highest BCUT2D eigenvalue weighted by Crippen LogP contribution is 2.25. The van der Waals surface area contributed by atoms with Gasteiger partial charge in [-0.05, 0) is 65.6 Å². The van der Waals surface area contributed by atoms with Crippen molar-refractivity contribution in [2.24, 2.45) is 0 Å². The van der Waals surface area contributed by atoms with Crippen LogP contribution < -0.4 is 0 Å². The summed E-state index contributed by atoms with van der Waals surface area (Å²) >= 11 is 3.51. The first kappa shape index (κ1) is 29.1. The third-order valence-electron chi connectivity index (χ3n) is 8.03. The van der Waals surface area contributed by atoms with Crippen LogP contribution in [0.25, 0.3) is 10.8 Å². The maximum Gasteiger partial charge on any atom is 0.254 e. The van der Waals surface area contributed by atoms with E-state index in [1.54, 1.807) is 12.0 Å². The molecule has 1 aromatic heterocycles. The van der Waals surface area contributed by atoms with Gasteiger partial charge in [0.15, 0.2) is 0 Å². The van der Waals surface area contributed by atoms with Crippen LogP contribution in [0.15, 0.2) is 89.5 Å². The van der Waals surface area contributed by atoms with Gasteiger partial charge in [-0.25, -0.2) is 0 Å². The first-order valence-corrected chi connectivity index (χ1v) is 15.3. The summed E-state index contributed by atoms with van der Waals surface area (Å²) in [4.78, 5) is 31.5. The fourth-order valence-corrected chi connectivity index (χ4v) is 6.00. The molecule has 1 heterocycles. The quantitative estimate of drug-likeness (QED) is 0.184. The summed E-state index contributed by atoms with van der Waals surface area (Å²) in [6.45, 7) is 2.01. The number of amides is 2. The van der Waals surface area contributed by atoms with Gasteiger partial charge >= 0.3 is 0 Å². The molecule has 1 aliphatic carbocycles. The van der Waals surface area contributed by atoms with Crippen molar-refractivity contribution >= 4 is 38.5 Å². The number of ether oxygens (including phenoxy) is 1. The van der Waals surface area contributed by atoms with Crippen molar-refractivity contribution in [2.75, 3.05) is 26.8 Å². The highest BCUT2D eigenvalue weighted by atomic mass is 79.9. The molecule has 0 atom stereocenters. The maximum absolute atomic E-state index is 14.1. The fourth-order valence-electron chi connectivity index (χ4n) is 5.73. The number of carbonyl (C=O) groups excluding carboxylic acids is 2. The summed E-state index contributed by atoms with van der Waals surface area (Å²) in [5.41, 5.74) is 2.88. The lowest BCUT2D eigenvalue weighted by Gasteiger charge is -2.36. The predicted octanol–water partition coefficient (Wildman–Crippen LogP) is 6.90. The van der Waals surface area contributed by atoms with Crippen molar-refractivity contribution in [3.05, 3.63) is 106 Å². The smallest absolute Gasteiger partial charge is 0.254 e. The number of benzene rings is 3. The summed E-state index contributed by atoms with van der Waals surface area (Å²) < 4.78 is 8.60. The molecule has 0 radical (unpaired) electrons. The SMILES string of the molecule is COCCN(CC(=O)N(Cc1cccn1Cc1ccc(Br)cc1)C1CCCCC1)C(=O)c1ccc2ccccc2c1. The minimum Gasteiger partial charge on any atom is -0.383 e. The lowest BCUT2D eigenvalue weighted by molar-refractivity contribution is -0.135. The van der Waals surface area contributed by atoms with Gasteiger partial charge in [-0.2, -0.15) is 0 Å². The molecule has 214 valence electrons. The van der Waals surface area contributed by atoms with Crippen LogP contribution in [0.2, 0.25) is 0 Å². The second kappa shape index (κ2) is 14.0. The van der Waals surface area contributed by atoms with E-state index in [0.29, 0.717) is 25.3 Å². The molecule has 1 aliphatic rings. The van der Waals surface area contributed by atoms with Gasteiger partial charge in [-0.1, -0.05) is 77.7 Å². The number of hydrogen-bond donors (Lipinski definition) is 0. The Bertz CT molecular complexity index is 1460. The van der Waals surface area contributed by atoms with E-state index >= 15 is 0 Å². The molecule has 7 heteroatoms. The molecule has 0 aliphatic heterocycles. The van der Waals surface area contributed by atoms with Gasteiger partial charge < -0.3 is 19.1 Å². The van der Waals surface area contributed by atoms with E-state index in [4.69, 9.17) is 4.74 Å². The third kappa shape index (κ3) is 7.46. The number of halogens is 1. The van der Waals surface area contributed by atoms with E-state index < -0.39 is 0 Å². The summed E-state index contributed by atoms with van der Waals surface area (Å²) in [5.74, 6) is -0.165. The van der Waals surface area contributed by atoms with Crippen LogP contribution in [-0.4, -0.2) is 59.0 Å². The zero-order chi connectivity index (χ0) is 28.6. The lowest BCUT2D eigenvalue weighted by Crippen LogP contribution is -2.48. The Kier molecular flexibility index (Phi) is 9.91. The molecule has 3 aromatic carbocycles. The topological polar surface area (TPSA) is 54.8 Å². The summed E-state index contributed by atoms with van der Waals surface area (Å²) in [7, 11) is 1.62. The highest BCUT2D eigenvalue weighted by molar-refractivity contribution is 9.10. The van der Waals surface area contributed by atoms with Gasteiger partial charge in [0.25, 0.3) is 5.91 Å². The van der Waals surface area contributed by atoms with E-state index in [2.05, 4.69) is 57.0 Å². The summed E-state index contributed by atoms with van der Waals surface area (Å²) in [6, 6.07) is 26.4. The number of aromatic nitrogens is 1. The zero-order valence-corrected chi connectivity index (χ0v) is 25.3. The van der Waals surface area contributed by atoms with Crippen LogP contribution >= 0.6 is 15.9 Å². The normalized spacial score (nSPS) is 13.8. The standard InChI is InChI=1S/C34H38BrN3O3/c1-41-21-20-37(34(40)29-16-15-27-8-5-6-9-28(27)22-29)25-33(39)38(31-10-3-2-4-11-31)24-32-12-7-19-36(32)23-26-13-17-30(35)18-14-26/h5-9,12-19,22,31H,2-4,10-11,20-21,23-25H2,1H3. The molecule has 0 bridgehead atoms. The second-order valence-corrected chi connectivity index (χ2v) is 11.8. The van der Waals surface area contributed by atoms with Crippen molar-refractivity contribution in [1.29, 1.82) is 0 Å². The molecule has 2 amide bonds. The van der Waals surface area contributed by atoms with Gasteiger partial charge in [0.05, 0.1) is 13.2 Å². The molecular formula is C34H38BrN3O3. The molecule has 1 fully saturated rings. The number of hydrogen-bond acceptors (Lipinski definition) is 3. The first-order chi connectivity index (χ1) is 20.0. The summed E-state index contributed by atoms with van der Waals surface area (Å²) in [6.07, 6.45) is 7.52. The Morgan fingerprint density at radius 1 is 0.927 bits per heavy atom. The Balaban J connectivity index is 1.36. The predicted molar refractivity (Wildman–Crippen MR) is 167 cm³/mol.